The minimum absolute atomic E-state index is 0.305. The second kappa shape index (κ2) is 8.15. The highest BCUT2D eigenvalue weighted by molar-refractivity contribution is 5.80. The lowest BCUT2D eigenvalue weighted by molar-refractivity contribution is -0.296. The van der Waals surface area contributed by atoms with Gasteiger partial charge in [-0.15, -0.1) is 0 Å². The highest BCUT2D eigenvalue weighted by atomic mass is 16.7. The Morgan fingerprint density at radius 2 is 1.81 bits per heavy atom. The first-order valence-electron chi connectivity index (χ1n) is 8.27. The second-order valence-electron chi connectivity index (χ2n) is 6.06. The predicted octanol–water partition coefficient (Wildman–Crippen LogP) is 0.967. The van der Waals surface area contributed by atoms with Crippen molar-refractivity contribution in [1.82, 2.24) is 0 Å². The van der Waals surface area contributed by atoms with Gasteiger partial charge in [0.15, 0.2) is 6.29 Å². The molecule has 0 amide bonds. The van der Waals surface area contributed by atoms with E-state index in [9.17, 15) is 9.90 Å². The maximum Gasteiger partial charge on any atom is 0.336 e. The monoisotopic (exact) mass is 365 g/mol. The van der Waals surface area contributed by atoms with Crippen molar-refractivity contribution < 1.29 is 28.5 Å². The van der Waals surface area contributed by atoms with E-state index < -0.39 is 36.3 Å². The van der Waals surface area contributed by atoms with Crippen molar-refractivity contribution in [3.63, 3.8) is 0 Å². The first kappa shape index (κ1) is 18.8. The smallest absolute Gasteiger partial charge is 0.336 e. The third-order valence-electron chi connectivity index (χ3n) is 4.53. The Labute approximate surface area is 150 Å². The number of rotatable bonds is 6. The van der Waals surface area contributed by atoms with Crippen LogP contribution in [0.15, 0.2) is 39.5 Å². The topological polar surface area (TPSA) is 99.4 Å². The van der Waals surface area contributed by atoms with Gasteiger partial charge in [-0.2, -0.15) is 0 Å². The Balaban J connectivity index is 1.73. The van der Waals surface area contributed by atoms with Crippen LogP contribution in [0.3, 0.4) is 0 Å². The molecule has 0 spiro atoms. The Kier molecular flexibility index (Phi) is 5.90. The van der Waals surface area contributed by atoms with Gasteiger partial charge in [-0.05, 0) is 18.2 Å². The Morgan fingerprint density at radius 3 is 2.50 bits per heavy atom. The van der Waals surface area contributed by atoms with Gasteiger partial charge < -0.3 is 33.8 Å². The number of hydrogen-bond donors (Lipinski definition) is 2. The van der Waals surface area contributed by atoms with Crippen molar-refractivity contribution >= 4 is 16.7 Å². The zero-order chi connectivity index (χ0) is 18.7. The Morgan fingerprint density at radius 1 is 1.08 bits per heavy atom. The van der Waals surface area contributed by atoms with Crippen LogP contribution in [0, 0.1) is 0 Å². The molecule has 2 aromatic rings. The molecule has 3 unspecified atom stereocenters. The molecule has 142 valence electrons. The van der Waals surface area contributed by atoms with Crippen molar-refractivity contribution in [2.75, 3.05) is 33.2 Å². The third-order valence-corrected chi connectivity index (χ3v) is 4.53. The summed E-state index contributed by atoms with van der Waals surface area (Å²) < 4.78 is 27.0. The van der Waals surface area contributed by atoms with Crippen LogP contribution < -0.4 is 10.9 Å². The van der Waals surface area contributed by atoms with Crippen LogP contribution in [0.4, 0.5) is 5.69 Å². The van der Waals surface area contributed by atoms with Crippen molar-refractivity contribution in [3.8, 4) is 0 Å². The van der Waals surface area contributed by atoms with Crippen LogP contribution >= 0.6 is 0 Å². The SMILES string of the molecule is COC1C(OC)[C@H](O)C(CNc2ccc3ccc(=O)oc3c2)O[C@@H]1OC. The minimum Gasteiger partial charge on any atom is -0.423 e. The standard InChI is InChI=1S/C18H23NO7/c1-22-16-15(21)13(26-18(24-3)17(16)23-2)9-19-11-6-4-10-5-7-14(20)25-12(10)8-11/h4-8,13,15-19,21H,9H2,1-3H3/t13?,15-,16?,17?,18+/m1/s1. The summed E-state index contributed by atoms with van der Waals surface area (Å²) in [5.74, 6) is 0. The van der Waals surface area contributed by atoms with Crippen LogP contribution in [-0.2, 0) is 18.9 Å². The van der Waals surface area contributed by atoms with Crippen LogP contribution in [0.5, 0.6) is 0 Å². The van der Waals surface area contributed by atoms with Gasteiger partial charge in [0.2, 0.25) is 0 Å². The van der Waals surface area contributed by atoms with Gasteiger partial charge >= 0.3 is 5.63 Å². The van der Waals surface area contributed by atoms with E-state index >= 15 is 0 Å². The highest BCUT2D eigenvalue weighted by Gasteiger charge is 2.46. The van der Waals surface area contributed by atoms with Gasteiger partial charge in [-0.1, -0.05) is 0 Å². The van der Waals surface area contributed by atoms with E-state index in [2.05, 4.69) is 5.32 Å². The first-order valence-corrected chi connectivity index (χ1v) is 8.27. The number of hydrogen-bond acceptors (Lipinski definition) is 8. The molecule has 26 heavy (non-hydrogen) atoms. The Hall–Kier alpha value is -1.97. The van der Waals surface area contributed by atoms with Gasteiger partial charge in [0.25, 0.3) is 0 Å². The molecule has 5 atom stereocenters. The lowest BCUT2D eigenvalue weighted by Crippen LogP contribution is -2.60. The zero-order valence-electron chi connectivity index (χ0n) is 14.9. The molecule has 0 bridgehead atoms. The summed E-state index contributed by atoms with van der Waals surface area (Å²) in [7, 11) is 4.53. The molecule has 0 radical (unpaired) electrons. The van der Waals surface area contributed by atoms with Crippen LogP contribution in [-0.4, -0.2) is 63.7 Å². The molecule has 1 fully saturated rings. The normalized spacial score (nSPS) is 29.0. The van der Waals surface area contributed by atoms with Gasteiger partial charge in [0, 0.05) is 51.1 Å². The maximum absolute atomic E-state index is 11.4. The average molecular weight is 365 g/mol. The first-order chi connectivity index (χ1) is 12.6. The molecule has 0 saturated carbocycles. The zero-order valence-corrected chi connectivity index (χ0v) is 14.9. The van der Waals surface area contributed by atoms with Gasteiger partial charge in [-0.3, -0.25) is 0 Å². The molecule has 1 aliphatic heterocycles. The summed E-state index contributed by atoms with van der Waals surface area (Å²) in [4.78, 5) is 11.4. The summed E-state index contributed by atoms with van der Waals surface area (Å²) in [5, 5.41) is 14.5. The molecule has 1 saturated heterocycles. The Bertz CT molecular complexity index is 792. The molecule has 2 heterocycles. The van der Waals surface area contributed by atoms with E-state index in [4.69, 9.17) is 23.4 Å². The van der Waals surface area contributed by atoms with Crippen LogP contribution in [0.25, 0.3) is 11.0 Å². The van der Waals surface area contributed by atoms with E-state index in [0.717, 1.165) is 11.1 Å². The molecular weight excluding hydrogens is 342 g/mol. The van der Waals surface area contributed by atoms with Crippen molar-refractivity contribution in [3.05, 3.63) is 40.8 Å². The average Bonchev–Trinajstić information content (AvgIpc) is 2.66. The minimum atomic E-state index is -0.901. The number of fused-ring (bicyclic) bond motifs is 1. The lowest BCUT2D eigenvalue weighted by Gasteiger charge is -2.42. The number of aliphatic hydroxyl groups excluding tert-OH is 1. The molecule has 8 heteroatoms. The summed E-state index contributed by atoms with van der Waals surface area (Å²) in [6.07, 6.45) is -3.25. The van der Waals surface area contributed by atoms with Gasteiger partial charge in [0.1, 0.15) is 30.0 Å². The largest absolute Gasteiger partial charge is 0.423 e. The summed E-state index contributed by atoms with van der Waals surface area (Å²) in [5.41, 5.74) is 0.813. The molecule has 2 N–H and O–H groups in total. The van der Waals surface area contributed by atoms with E-state index in [1.165, 1.54) is 27.4 Å². The van der Waals surface area contributed by atoms with Gasteiger partial charge in [0.05, 0.1) is 0 Å². The van der Waals surface area contributed by atoms with Crippen molar-refractivity contribution in [1.29, 1.82) is 0 Å². The number of anilines is 1. The molecule has 0 aliphatic carbocycles. The number of ether oxygens (including phenoxy) is 4. The fourth-order valence-corrected chi connectivity index (χ4v) is 3.16. The van der Waals surface area contributed by atoms with E-state index in [1.54, 1.807) is 12.1 Å². The molecule has 1 aliphatic rings. The predicted molar refractivity (Wildman–Crippen MR) is 94.2 cm³/mol. The van der Waals surface area contributed by atoms with Crippen molar-refractivity contribution in [2.45, 2.75) is 30.7 Å². The van der Waals surface area contributed by atoms with E-state index in [1.807, 2.05) is 12.1 Å². The summed E-state index contributed by atoms with van der Waals surface area (Å²) in [6, 6.07) is 8.51. The molecule has 8 nitrogen and oxygen atoms in total. The second-order valence-corrected chi connectivity index (χ2v) is 6.06. The fourth-order valence-electron chi connectivity index (χ4n) is 3.16. The summed E-state index contributed by atoms with van der Waals surface area (Å²) in [6.45, 7) is 0.305. The fraction of sp³-hybridized carbons (Fsp3) is 0.500. The molecule has 1 aromatic carbocycles. The molecule has 1 aromatic heterocycles. The maximum atomic E-state index is 11.4. The highest BCUT2D eigenvalue weighted by Crippen LogP contribution is 2.26. The lowest BCUT2D eigenvalue weighted by atomic mass is 9.98. The molecule has 3 rings (SSSR count). The number of nitrogens with one attached hydrogen (secondary N) is 1. The van der Waals surface area contributed by atoms with Crippen LogP contribution in [0.2, 0.25) is 0 Å². The number of benzene rings is 1. The van der Waals surface area contributed by atoms with Crippen LogP contribution in [0.1, 0.15) is 0 Å². The number of methoxy groups -OCH3 is 3. The van der Waals surface area contributed by atoms with E-state index in [0.29, 0.717) is 12.1 Å². The van der Waals surface area contributed by atoms with Crippen molar-refractivity contribution in [2.24, 2.45) is 0 Å². The van der Waals surface area contributed by atoms with E-state index in [-0.39, 0.29) is 0 Å². The third kappa shape index (κ3) is 3.74. The molecular formula is C18H23NO7. The summed E-state index contributed by atoms with van der Waals surface area (Å²) >= 11 is 0. The number of aliphatic hydroxyl groups is 1. The van der Waals surface area contributed by atoms with Gasteiger partial charge in [-0.25, -0.2) is 4.79 Å². The quantitative estimate of drug-likeness (QED) is 0.731.